The molecule has 0 aromatic carbocycles. The van der Waals surface area contributed by atoms with Gasteiger partial charge in [-0.2, -0.15) is 0 Å². The molecule has 2 heteroatoms. The third kappa shape index (κ3) is 2.17. The molecule has 1 unspecified atom stereocenters. The molecule has 2 aliphatic rings. The summed E-state index contributed by atoms with van der Waals surface area (Å²) >= 11 is 0. The van der Waals surface area contributed by atoms with E-state index in [1.165, 1.54) is 5.57 Å². The number of rotatable bonds is 4. The number of epoxide rings is 1. The molecule has 0 bridgehead atoms. The fourth-order valence-electron chi connectivity index (χ4n) is 1.08. The summed E-state index contributed by atoms with van der Waals surface area (Å²) in [6.07, 6.45) is 7.79. The van der Waals surface area contributed by atoms with Gasteiger partial charge in [0.25, 0.3) is 0 Å². The Hall–Kier alpha value is -0.600. The predicted octanol–water partition coefficient (Wildman–Crippen LogP) is 1.29. The molecule has 0 saturated carbocycles. The van der Waals surface area contributed by atoms with Crippen molar-refractivity contribution >= 4 is 0 Å². The molecule has 1 atom stereocenters. The molecule has 2 nitrogen and oxygen atoms in total. The van der Waals surface area contributed by atoms with Crippen molar-refractivity contribution in [1.29, 1.82) is 0 Å². The van der Waals surface area contributed by atoms with Gasteiger partial charge in [-0.3, -0.25) is 0 Å². The second-order valence-electron chi connectivity index (χ2n) is 2.93. The van der Waals surface area contributed by atoms with Crippen LogP contribution in [0.5, 0.6) is 0 Å². The Labute approximate surface area is 66.5 Å². The molecule has 0 radical (unpaired) electrons. The zero-order chi connectivity index (χ0) is 7.52. The molecule has 0 N–H and O–H groups in total. The van der Waals surface area contributed by atoms with Crippen LogP contribution in [0.15, 0.2) is 23.8 Å². The van der Waals surface area contributed by atoms with Gasteiger partial charge in [-0.1, -0.05) is 18.2 Å². The van der Waals surface area contributed by atoms with Crippen molar-refractivity contribution in [3.05, 3.63) is 23.8 Å². The van der Waals surface area contributed by atoms with E-state index in [1.807, 2.05) is 0 Å². The van der Waals surface area contributed by atoms with Crippen LogP contribution < -0.4 is 0 Å². The van der Waals surface area contributed by atoms with Crippen molar-refractivity contribution in [2.75, 3.05) is 19.8 Å². The van der Waals surface area contributed by atoms with Gasteiger partial charge < -0.3 is 9.47 Å². The molecule has 0 aromatic rings. The lowest BCUT2D eigenvalue weighted by molar-refractivity contribution is 0.135. The molecule has 0 aromatic heterocycles. The summed E-state index contributed by atoms with van der Waals surface area (Å²) in [5.74, 6) is 0. The summed E-state index contributed by atoms with van der Waals surface area (Å²) in [4.78, 5) is 0. The Morgan fingerprint density at radius 3 is 3.18 bits per heavy atom. The Bertz CT molecular complexity index is 190. The maximum Gasteiger partial charge on any atom is 0.104 e. The Kier molecular flexibility index (Phi) is 2.06. The fourth-order valence-corrected chi connectivity index (χ4v) is 1.08. The SMILES string of the molecule is C1=CCC(COCC2CO2)=C1. The highest BCUT2D eigenvalue weighted by Crippen LogP contribution is 2.13. The van der Waals surface area contributed by atoms with Gasteiger partial charge in [-0.05, 0) is 12.0 Å². The lowest BCUT2D eigenvalue weighted by atomic mass is 10.2. The van der Waals surface area contributed by atoms with Crippen LogP contribution in [0.4, 0.5) is 0 Å². The summed E-state index contributed by atoms with van der Waals surface area (Å²) in [5, 5.41) is 0. The highest BCUT2D eigenvalue weighted by molar-refractivity contribution is 5.23. The van der Waals surface area contributed by atoms with E-state index < -0.39 is 0 Å². The minimum absolute atomic E-state index is 0.393. The van der Waals surface area contributed by atoms with E-state index in [-0.39, 0.29) is 0 Å². The van der Waals surface area contributed by atoms with Crippen molar-refractivity contribution in [3.8, 4) is 0 Å². The van der Waals surface area contributed by atoms with Gasteiger partial charge >= 0.3 is 0 Å². The zero-order valence-electron chi connectivity index (χ0n) is 6.45. The molecular formula is C9H12O2. The van der Waals surface area contributed by atoms with Crippen molar-refractivity contribution in [1.82, 2.24) is 0 Å². The number of hydrogen-bond donors (Lipinski definition) is 0. The Morgan fingerprint density at radius 1 is 1.64 bits per heavy atom. The molecule has 1 saturated heterocycles. The van der Waals surface area contributed by atoms with Crippen molar-refractivity contribution in [2.45, 2.75) is 12.5 Å². The predicted molar refractivity (Wildman–Crippen MR) is 42.4 cm³/mol. The summed E-state index contributed by atoms with van der Waals surface area (Å²) < 4.78 is 10.4. The molecule has 0 spiro atoms. The van der Waals surface area contributed by atoms with Crippen molar-refractivity contribution < 1.29 is 9.47 Å². The number of hydrogen-bond acceptors (Lipinski definition) is 2. The summed E-state index contributed by atoms with van der Waals surface area (Å²) in [6, 6.07) is 0. The van der Waals surface area contributed by atoms with Crippen LogP contribution in [0.2, 0.25) is 0 Å². The largest absolute Gasteiger partial charge is 0.374 e. The first-order valence-corrected chi connectivity index (χ1v) is 3.99. The molecule has 2 rings (SSSR count). The van der Waals surface area contributed by atoms with E-state index >= 15 is 0 Å². The van der Waals surface area contributed by atoms with Gasteiger partial charge in [-0.25, -0.2) is 0 Å². The lowest BCUT2D eigenvalue weighted by Gasteiger charge is -2.01. The molecule has 1 heterocycles. The van der Waals surface area contributed by atoms with E-state index in [4.69, 9.17) is 9.47 Å². The normalized spacial score (nSPS) is 27.3. The first-order valence-electron chi connectivity index (χ1n) is 3.99. The highest BCUT2D eigenvalue weighted by atomic mass is 16.6. The molecule has 1 aliphatic carbocycles. The van der Waals surface area contributed by atoms with Crippen molar-refractivity contribution in [3.63, 3.8) is 0 Å². The molecular weight excluding hydrogens is 140 g/mol. The first-order chi connectivity index (χ1) is 5.45. The van der Waals surface area contributed by atoms with E-state index in [0.29, 0.717) is 6.10 Å². The van der Waals surface area contributed by atoms with Crippen LogP contribution in [0.25, 0.3) is 0 Å². The summed E-state index contributed by atoms with van der Waals surface area (Å²) in [7, 11) is 0. The van der Waals surface area contributed by atoms with Crippen molar-refractivity contribution in [2.24, 2.45) is 0 Å². The second kappa shape index (κ2) is 3.20. The molecule has 11 heavy (non-hydrogen) atoms. The van der Waals surface area contributed by atoms with Gasteiger partial charge in [0.15, 0.2) is 0 Å². The van der Waals surface area contributed by atoms with Crippen LogP contribution in [-0.4, -0.2) is 25.9 Å². The van der Waals surface area contributed by atoms with Crippen LogP contribution >= 0.6 is 0 Å². The van der Waals surface area contributed by atoms with Gasteiger partial charge in [0, 0.05) is 0 Å². The maximum absolute atomic E-state index is 5.41. The monoisotopic (exact) mass is 152 g/mol. The number of ether oxygens (including phenoxy) is 2. The van der Waals surface area contributed by atoms with Crippen LogP contribution in [-0.2, 0) is 9.47 Å². The van der Waals surface area contributed by atoms with E-state index in [2.05, 4.69) is 18.2 Å². The molecule has 0 amide bonds. The van der Waals surface area contributed by atoms with Gasteiger partial charge in [-0.15, -0.1) is 0 Å². The maximum atomic E-state index is 5.41. The lowest BCUT2D eigenvalue weighted by Crippen LogP contribution is -2.03. The Morgan fingerprint density at radius 2 is 2.55 bits per heavy atom. The Balaban J connectivity index is 1.58. The second-order valence-corrected chi connectivity index (χ2v) is 2.93. The smallest absolute Gasteiger partial charge is 0.104 e. The fraction of sp³-hybridized carbons (Fsp3) is 0.556. The third-order valence-electron chi connectivity index (χ3n) is 1.84. The van der Waals surface area contributed by atoms with E-state index in [1.54, 1.807) is 0 Å². The van der Waals surface area contributed by atoms with Crippen LogP contribution in [0.1, 0.15) is 6.42 Å². The van der Waals surface area contributed by atoms with Gasteiger partial charge in [0.1, 0.15) is 6.10 Å². The molecule has 60 valence electrons. The zero-order valence-corrected chi connectivity index (χ0v) is 6.45. The summed E-state index contributed by atoms with van der Waals surface area (Å²) in [6.45, 7) is 2.42. The third-order valence-corrected chi connectivity index (χ3v) is 1.84. The standard InChI is InChI=1S/C9H12O2/c1-2-4-8(3-1)5-10-6-9-7-11-9/h1-3,9H,4-7H2. The average Bonchev–Trinajstić information content (AvgIpc) is 2.66. The first kappa shape index (κ1) is 7.07. The highest BCUT2D eigenvalue weighted by Gasteiger charge is 2.22. The van der Waals surface area contributed by atoms with E-state index in [0.717, 1.165) is 26.2 Å². The molecule has 1 aliphatic heterocycles. The van der Waals surface area contributed by atoms with Gasteiger partial charge in [0.2, 0.25) is 0 Å². The summed E-state index contributed by atoms with van der Waals surface area (Å²) in [5.41, 5.74) is 1.37. The van der Waals surface area contributed by atoms with Crippen LogP contribution in [0, 0.1) is 0 Å². The molecule has 1 fully saturated rings. The minimum Gasteiger partial charge on any atom is -0.374 e. The van der Waals surface area contributed by atoms with Crippen LogP contribution in [0.3, 0.4) is 0 Å². The van der Waals surface area contributed by atoms with Gasteiger partial charge in [0.05, 0.1) is 19.8 Å². The van der Waals surface area contributed by atoms with E-state index in [9.17, 15) is 0 Å². The minimum atomic E-state index is 0.393. The quantitative estimate of drug-likeness (QED) is 0.566. The average molecular weight is 152 g/mol. The topological polar surface area (TPSA) is 21.8 Å². The number of allylic oxidation sites excluding steroid dienone is 3.